The predicted octanol–water partition coefficient (Wildman–Crippen LogP) is 4.15. The molecule has 1 saturated heterocycles. The first-order valence-corrected chi connectivity index (χ1v) is 8.40. The van der Waals surface area contributed by atoms with E-state index in [-0.39, 0.29) is 11.6 Å². The first kappa shape index (κ1) is 16.5. The summed E-state index contributed by atoms with van der Waals surface area (Å²) in [7, 11) is 0. The zero-order valence-electron chi connectivity index (χ0n) is 14.4. The molecule has 0 saturated carbocycles. The Balaban J connectivity index is 2.24. The van der Waals surface area contributed by atoms with Gasteiger partial charge in [0, 0.05) is 11.6 Å². The van der Waals surface area contributed by atoms with Crippen molar-refractivity contribution in [2.24, 2.45) is 11.7 Å². The van der Waals surface area contributed by atoms with Gasteiger partial charge in [-0.25, -0.2) is 0 Å². The predicted molar refractivity (Wildman–Crippen MR) is 91.4 cm³/mol. The molecule has 2 unspecified atom stereocenters. The molecule has 0 spiro atoms. The molecule has 0 radical (unpaired) electrons. The van der Waals surface area contributed by atoms with Crippen LogP contribution >= 0.6 is 0 Å². The molecule has 21 heavy (non-hydrogen) atoms. The third kappa shape index (κ3) is 4.08. The second-order valence-electron chi connectivity index (χ2n) is 7.95. The fraction of sp³-hybridized carbons (Fsp3) is 0.684. The fourth-order valence-electron chi connectivity index (χ4n) is 3.53. The van der Waals surface area contributed by atoms with Crippen molar-refractivity contribution in [2.75, 3.05) is 6.54 Å². The van der Waals surface area contributed by atoms with Crippen molar-refractivity contribution in [2.45, 2.75) is 71.5 Å². The lowest BCUT2D eigenvalue weighted by molar-refractivity contribution is 0.0384. The number of likely N-dealkylation sites (tertiary alicyclic amines) is 1. The number of hydrogen-bond acceptors (Lipinski definition) is 2. The fourth-order valence-corrected chi connectivity index (χ4v) is 3.53. The van der Waals surface area contributed by atoms with Gasteiger partial charge in [0.1, 0.15) is 0 Å². The van der Waals surface area contributed by atoms with Gasteiger partial charge >= 0.3 is 0 Å². The summed E-state index contributed by atoms with van der Waals surface area (Å²) >= 11 is 0. The normalized spacial score (nSPS) is 24.5. The molecule has 1 aliphatic heterocycles. The molecule has 1 aromatic carbocycles. The lowest BCUT2D eigenvalue weighted by Crippen LogP contribution is -2.53. The van der Waals surface area contributed by atoms with Gasteiger partial charge in [-0.05, 0) is 63.6 Å². The van der Waals surface area contributed by atoms with Gasteiger partial charge in [-0.1, -0.05) is 38.1 Å². The Kier molecular flexibility index (Phi) is 5.11. The Morgan fingerprint density at radius 2 is 1.81 bits per heavy atom. The number of rotatable bonds is 3. The molecule has 0 aliphatic carbocycles. The molecule has 2 N–H and O–H groups in total. The second-order valence-corrected chi connectivity index (χ2v) is 7.95. The zero-order chi connectivity index (χ0) is 15.6. The SMILES string of the molecule is CC(C)Cc1ccc(C2C(N)CCCN2C(C)(C)C)cc1. The Morgan fingerprint density at radius 1 is 1.19 bits per heavy atom. The highest BCUT2D eigenvalue weighted by Gasteiger charge is 2.36. The monoisotopic (exact) mass is 288 g/mol. The van der Waals surface area contributed by atoms with Crippen LogP contribution in [0, 0.1) is 5.92 Å². The van der Waals surface area contributed by atoms with Crippen molar-refractivity contribution in [1.82, 2.24) is 4.90 Å². The summed E-state index contributed by atoms with van der Waals surface area (Å²) in [5.74, 6) is 0.707. The van der Waals surface area contributed by atoms with E-state index in [0.29, 0.717) is 12.0 Å². The van der Waals surface area contributed by atoms with Gasteiger partial charge in [0.05, 0.1) is 6.04 Å². The van der Waals surface area contributed by atoms with Crippen LogP contribution in [0.15, 0.2) is 24.3 Å². The molecule has 0 bridgehead atoms. The second kappa shape index (κ2) is 6.50. The number of piperidine rings is 1. The summed E-state index contributed by atoms with van der Waals surface area (Å²) < 4.78 is 0. The van der Waals surface area contributed by atoms with Crippen molar-refractivity contribution < 1.29 is 0 Å². The van der Waals surface area contributed by atoms with Crippen molar-refractivity contribution in [1.29, 1.82) is 0 Å². The smallest absolute Gasteiger partial charge is 0.0504 e. The minimum absolute atomic E-state index is 0.166. The molecule has 0 amide bonds. The van der Waals surface area contributed by atoms with Crippen LogP contribution in [0.3, 0.4) is 0 Å². The molecule has 1 heterocycles. The van der Waals surface area contributed by atoms with E-state index in [1.165, 1.54) is 17.5 Å². The van der Waals surface area contributed by atoms with Gasteiger partial charge in [-0.3, -0.25) is 4.90 Å². The maximum Gasteiger partial charge on any atom is 0.0504 e. The van der Waals surface area contributed by atoms with Crippen LogP contribution in [0.4, 0.5) is 0 Å². The summed E-state index contributed by atoms with van der Waals surface area (Å²) in [6.45, 7) is 12.6. The summed E-state index contributed by atoms with van der Waals surface area (Å²) in [5.41, 5.74) is 9.45. The van der Waals surface area contributed by atoms with E-state index in [1.54, 1.807) is 0 Å². The van der Waals surface area contributed by atoms with Crippen molar-refractivity contribution in [3.8, 4) is 0 Å². The number of nitrogens with zero attached hydrogens (tertiary/aromatic N) is 1. The van der Waals surface area contributed by atoms with E-state index < -0.39 is 0 Å². The number of benzene rings is 1. The van der Waals surface area contributed by atoms with E-state index in [0.717, 1.165) is 19.4 Å². The lowest BCUT2D eigenvalue weighted by atomic mass is 9.86. The van der Waals surface area contributed by atoms with E-state index in [4.69, 9.17) is 5.73 Å². The summed E-state index contributed by atoms with van der Waals surface area (Å²) in [6.07, 6.45) is 3.49. The third-order valence-electron chi connectivity index (χ3n) is 4.50. The largest absolute Gasteiger partial charge is 0.326 e. The van der Waals surface area contributed by atoms with Crippen LogP contribution in [0.5, 0.6) is 0 Å². The maximum absolute atomic E-state index is 6.48. The first-order chi connectivity index (χ1) is 9.79. The van der Waals surface area contributed by atoms with Gasteiger partial charge in [0.15, 0.2) is 0 Å². The minimum Gasteiger partial charge on any atom is -0.326 e. The standard InChI is InChI=1S/C19H32N2/c1-14(2)13-15-8-10-16(11-9-15)18-17(20)7-6-12-21(18)19(3,4)5/h8-11,14,17-18H,6-7,12-13,20H2,1-5H3. The van der Waals surface area contributed by atoms with E-state index in [1.807, 2.05) is 0 Å². The summed E-state index contributed by atoms with van der Waals surface area (Å²) in [4.78, 5) is 2.58. The van der Waals surface area contributed by atoms with Gasteiger partial charge in [-0.2, -0.15) is 0 Å². The van der Waals surface area contributed by atoms with Gasteiger partial charge in [0.25, 0.3) is 0 Å². The van der Waals surface area contributed by atoms with E-state index in [2.05, 4.69) is 63.8 Å². The van der Waals surface area contributed by atoms with Crippen LogP contribution in [0.1, 0.15) is 64.6 Å². The Bertz CT molecular complexity index is 442. The highest BCUT2D eigenvalue weighted by Crippen LogP contribution is 2.35. The van der Waals surface area contributed by atoms with Crippen LogP contribution in [-0.4, -0.2) is 23.0 Å². The highest BCUT2D eigenvalue weighted by molar-refractivity contribution is 5.27. The van der Waals surface area contributed by atoms with Crippen molar-refractivity contribution in [3.05, 3.63) is 35.4 Å². The molecule has 1 aromatic rings. The topological polar surface area (TPSA) is 29.3 Å². The lowest BCUT2D eigenvalue weighted by Gasteiger charge is -2.47. The van der Waals surface area contributed by atoms with Gasteiger partial charge in [0.2, 0.25) is 0 Å². The first-order valence-electron chi connectivity index (χ1n) is 8.40. The molecule has 2 heteroatoms. The van der Waals surface area contributed by atoms with E-state index >= 15 is 0 Å². The number of nitrogens with two attached hydrogens (primary N) is 1. The molecule has 2 atom stereocenters. The molecule has 2 nitrogen and oxygen atoms in total. The molecule has 2 rings (SSSR count). The molecule has 1 aliphatic rings. The van der Waals surface area contributed by atoms with Crippen LogP contribution < -0.4 is 5.73 Å². The Morgan fingerprint density at radius 3 is 2.33 bits per heavy atom. The van der Waals surface area contributed by atoms with Crippen LogP contribution in [-0.2, 0) is 6.42 Å². The average Bonchev–Trinajstić information content (AvgIpc) is 2.38. The quantitative estimate of drug-likeness (QED) is 0.905. The summed E-state index contributed by atoms with van der Waals surface area (Å²) in [5, 5.41) is 0. The van der Waals surface area contributed by atoms with Crippen LogP contribution in [0.25, 0.3) is 0 Å². The summed E-state index contributed by atoms with van der Waals surface area (Å²) in [6, 6.07) is 9.77. The third-order valence-corrected chi connectivity index (χ3v) is 4.50. The average molecular weight is 288 g/mol. The van der Waals surface area contributed by atoms with Crippen molar-refractivity contribution >= 4 is 0 Å². The molecule has 0 aromatic heterocycles. The number of hydrogen-bond donors (Lipinski definition) is 1. The Hall–Kier alpha value is -0.860. The van der Waals surface area contributed by atoms with Crippen LogP contribution in [0.2, 0.25) is 0 Å². The van der Waals surface area contributed by atoms with Gasteiger partial charge < -0.3 is 5.73 Å². The minimum atomic E-state index is 0.166. The molecular weight excluding hydrogens is 256 g/mol. The van der Waals surface area contributed by atoms with Gasteiger partial charge in [-0.15, -0.1) is 0 Å². The molecule has 118 valence electrons. The maximum atomic E-state index is 6.48. The highest BCUT2D eigenvalue weighted by atomic mass is 15.2. The Labute approximate surface area is 130 Å². The molecule has 1 fully saturated rings. The van der Waals surface area contributed by atoms with E-state index in [9.17, 15) is 0 Å². The van der Waals surface area contributed by atoms with Crippen molar-refractivity contribution in [3.63, 3.8) is 0 Å². The zero-order valence-corrected chi connectivity index (χ0v) is 14.4. The molecular formula is C19H32N2.